The standard InChI is InChI=1S/C24H23FN4O3/c1-14(30)26-12-17-13-29(24(31)32-17)16-10-9-15-5-4-7-19-22(18-6-2-3-8-21(18)25)27-28-23(19)20(15)11-16/h2-3,6,8-11,17H,4-5,7,12-13H2,1H3,(H,26,30)(H,27,28). The van der Waals surface area contributed by atoms with Crippen molar-refractivity contribution in [3.63, 3.8) is 0 Å². The zero-order valence-corrected chi connectivity index (χ0v) is 17.7. The minimum absolute atomic E-state index is 0.166. The van der Waals surface area contributed by atoms with Gasteiger partial charge in [0.25, 0.3) is 0 Å². The number of aromatic amines is 1. The fourth-order valence-corrected chi connectivity index (χ4v) is 4.44. The number of nitrogens with zero attached hydrogens (tertiary/aromatic N) is 2. The van der Waals surface area contributed by atoms with Crippen LogP contribution < -0.4 is 10.2 Å². The van der Waals surface area contributed by atoms with Crippen LogP contribution in [0.1, 0.15) is 24.5 Å². The van der Waals surface area contributed by atoms with E-state index in [4.69, 9.17) is 4.74 Å². The largest absolute Gasteiger partial charge is 0.442 e. The van der Waals surface area contributed by atoms with Crippen LogP contribution in [0.25, 0.3) is 22.5 Å². The first-order valence-electron chi connectivity index (χ1n) is 10.7. The molecule has 1 fully saturated rings. The molecule has 0 spiro atoms. The lowest BCUT2D eigenvalue weighted by Gasteiger charge is -2.16. The van der Waals surface area contributed by atoms with Crippen molar-refractivity contribution in [1.29, 1.82) is 0 Å². The van der Waals surface area contributed by atoms with E-state index < -0.39 is 12.2 Å². The number of cyclic esters (lactones) is 1. The van der Waals surface area contributed by atoms with Gasteiger partial charge in [0.2, 0.25) is 5.91 Å². The van der Waals surface area contributed by atoms with Gasteiger partial charge in [-0.25, -0.2) is 9.18 Å². The summed E-state index contributed by atoms with van der Waals surface area (Å²) >= 11 is 0. The van der Waals surface area contributed by atoms with E-state index in [1.807, 2.05) is 24.3 Å². The Hall–Kier alpha value is -3.68. The molecule has 164 valence electrons. The van der Waals surface area contributed by atoms with Crippen molar-refractivity contribution in [2.24, 2.45) is 0 Å². The zero-order chi connectivity index (χ0) is 22.2. The molecule has 1 atom stereocenters. The first-order chi connectivity index (χ1) is 15.5. The number of amides is 2. The average Bonchev–Trinajstić information content (AvgIpc) is 3.31. The van der Waals surface area contributed by atoms with Crippen molar-refractivity contribution >= 4 is 17.7 Å². The van der Waals surface area contributed by atoms with Crippen LogP contribution in [0.3, 0.4) is 0 Å². The summed E-state index contributed by atoms with van der Waals surface area (Å²) in [5.74, 6) is -0.455. The van der Waals surface area contributed by atoms with Crippen LogP contribution in [0.5, 0.6) is 0 Å². The molecule has 1 aliphatic heterocycles. The monoisotopic (exact) mass is 434 g/mol. The highest BCUT2D eigenvalue weighted by Crippen LogP contribution is 2.39. The molecule has 1 unspecified atom stereocenters. The second-order valence-corrected chi connectivity index (χ2v) is 8.15. The summed E-state index contributed by atoms with van der Waals surface area (Å²) in [6.45, 7) is 2.06. The van der Waals surface area contributed by atoms with Crippen molar-refractivity contribution in [3.8, 4) is 22.5 Å². The molecular formula is C24H23FN4O3. The van der Waals surface area contributed by atoms with Crippen molar-refractivity contribution in [2.75, 3.05) is 18.0 Å². The zero-order valence-electron chi connectivity index (χ0n) is 17.7. The highest BCUT2D eigenvalue weighted by Gasteiger charge is 2.33. The minimum Gasteiger partial charge on any atom is -0.442 e. The van der Waals surface area contributed by atoms with Gasteiger partial charge in [-0.2, -0.15) is 5.10 Å². The van der Waals surface area contributed by atoms with E-state index in [0.717, 1.165) is 41.6 Å². The molecule has 0 radical (unpaired) electrons. The predicted molar refractivity (Wildman–Crippen MR) is 118 cm³/mol. The normalized spacial score (nSPS) is 17.4. The number of nitrogens with one attached hydrogen (secondary N) is 2. The van der Waals surface area contributed by atoms with Gasteiger partial charge in [-0.1, -0.05) is 18.2 Å². The second-order valence-electron chi connectivity index (χ2n) is 8.15. The van der Waals surface area contributed by atoms with E-state index >= 15 is 0 Å². The average molecular weight is 434 g/mol. The van der Waals surface area contributed by atoms with Gasteiger partial charge in [0.15, 0.2) is 0 Å². The maximum atomic E-state index is 14.4. The molecule has 8 heteroatoms. The van der Waals surface area contributed by atoms with Crippen LogP contribution in [-0.4, -0.2) is 41.4 Å². The predicted octanol–water partition coefficient (Wildman–Crippen LogP) is 3.83. The number of benzene rings is 2. The van der Waals surface area contributed by atoms with E-state index in [-0.39, 0.29) is 18.3 Å². The summed E-state index contributed by atoms with van der Waals surface area (Å²) < 4.78 is 19.9. The number of fused-ring (bicyclic) bond motifs is 3. The number of hydrogen-bond acceptors (Lipinski definition) is 4. The Kier molecular flexibility index (Phi) is 5.13. The SMILES string of the molecule is CC(=O)NCC1CN(c2ccc3c(c2)-c2n[nH]c(-c4ccccc4F)c2CCC3)C(=O)O1. The van der Waals surface area contributed by atoms with Gasteiger partial charge in [0.05, 0.1) is 24.5 Å². The van der Waals surface area contributed by atoms with Crippen LogP contribution in [0, 0.1) is 5.82 Å². The van der Waals surface area contributed by atoms with Crippen LogP contribution in [0.15, 0.2) is 42.5 Å². The molecule has 2 aliphatic rings. The Morgan fingerprint density at radius 2 is 2.09 bits per heavy atom. The molecule has 1 aromatic heterocycles. The number of aryl methyl sites for hydroxylation is 1. The van der Waals surface area contributed by atoms with Crippen molar-refractivity contribution < 1.29 is 18.7 Å². The van der Waals surface area contributed by atoms with Crippen LogP contribution in [-0.2, 0) is 22.4 Å². The third-order valence-electron chi connectivity index (χ3n) is 6.00. The van der Waals surface area contributed by atoms with Gasteiger partial charge in [-0.3, -0.25) is 14.8 Å². The quantitative estimate of drug-likeness (QED) is 0.653. The number of carbonyl (C=O) groups excluding carboxylic acids is 2. The number of carbonyl (C=O) groups is 2. The number of rotatable bonds is 4. The first kappa shape index (κ1) is 20.2. The summed E-state index contributed by atoms with van der Waals surface area (Å²) in [4.78, 5) is 25.2. The van der Waals surface area contributed by atoms with Crippen molar-refractivity contribution in [2.45, 2.75) is 32.3 Å². The summed E-state index contributed by atoms with van der Waals surface area (Å²) in [6, 6.07) is 12.6. The molecule has 1 aliphatic carbocycles. The van der Waals surface area contributed by atoms with Crippen LogP contribution >= 0.6 is 0 Å². The van der Waals surface area contributed by atoms with Gasteiger partial charge < -0.3 is 10.1 Å². The number of hydrogen-bond donors (Lipinski definition) is 2. The Bertz CT molecular complexity index is 1210. The molecule has 3 aromatic rings. The van der Waals surface area contributed by atoms with Gasteiger partial charge in [-0.15, -0.1) is 0 Å². The number of anilines is 1. The minimum atomic E-state index is -0.441. The third kappa shape index (κ3) is 3.62. The Morgan fingerprint density at radius 3 is 2.91 bits per heavy atom. The van der Waals surface area contributed by atoms with E-state index in [2.05, 4.69) is 15.5 Å². The van der Waals surface area contributed by atoms with E-state index in [1.54, 1.807) is 17.0 Å². The number of halogens is 1. The van der Waals surface area contributed by atoms with Crippen LogP contribution in [0.2, 0.25) is 0 Å². The molecule has 2 heterocycles. The number of aromatic nitrogens is 2. The van der Waals surface area contributed by atoms with E-state index in [1.165, 1.54) is 13.0 Å². The molecule has 32 heavy (non-hydrogen) atoms. The maximum absolute atomic E-state index is 14.4. The fourth-order valence-electron chi connectivity index (χ4n) is 4.44. The number of ether oxygens (including phenoxy) is 1. The lowest BCUT2D eigenvalue weighted by atomic mass is 9.99. The highest BCUT2D eigenvalue weighted by molar-refractivity contribution is 5.91. The second kappa shape index (κ2) is 8.11. The molecule has 2 aromatic carbocycles. The lowest BCUT2D eigenvalue weighted by molar-refractivity contribution is -0.119. The van der Waals surface area contributed by atoms with E-state index in [0.29, 0.717) is 23.5 Å². The molecule has 5 rings (SSSR count). The molecular weight excluding hydrogens is 411 g/mol. The van der Waals surface area contributed by atoms with Crippen molar-refractivity contribution in [1.82, 2.24) is 15.5 Å². The maximum Gasteiger partial charge on any atom is 0.414 e. The molecule has 0 saturated carbocycles. The summed E-state index contributed by atoms with van der Waals surface area (Å²) in [7, 11) is 0. The highest BCUT2D eigenvalue weighted by atomic mass is 19.1. The molecule has 2 N–H and O–H groups in total. The summed E-state index contributed by atoms with van der Waals surface area (Å²) in [5, 5.41) is 10.3. The summed E-state index contributed by atoms with van der Waals surface area (Å²) in [6.07, 6.45) is 1.73. The first-order valence-corrected chi connectivity index (χ1v) is 10.7. The topological polar surface area (TPSA) is 87.3 Å². The number of H-pyrrole nitrogens is 1. The molecule has 2 amide bonds. The summed E-state index contributed by atoms with van der Waals surface area (Å²) in [5.41, 5.74) is 5.77. The van der Waals surface area contributed by atoms with Gasteiger partial charge >= 0.3 is 6.09 Å². The Labute approximate surface area is 184 Å². The van der Waals surface area contributed by atoms with E-state index in [9.17, 15) is 14.0 Å². The fraction of sp³-hybridized carbons (Fsp3) is 0.292. The lowest BCUT2D eigenvalue weighted by Crippen LogP contribution is -2.33. The Balaban J connectivity index is 1.49. The van der Waals surface area contributed by atoms with Gasteiger partial charge in [0.1, 0.15) is 11.9 Å². The molecule has 1 saturated heterocycles. The molecule has 7 nitrogen and oxygen atoms in total. The van der Waals surface area contributed by atoms with Crippen molar-refractivity contribution in [3.05, 3.63) is 59.4 Å². The smallest absolute Gasteiger partial charge is 0.414 e. The van der Waals surface area contributed by atoms with Gasteiger partial charge in [-0.05, 0) is 49.1 Å². The van der Waals surface area contributed by atoms with Gasteiger partial charge in [0, 0.05) is 29.3 Å². The Morgan fingerprint density at radius 1 is 1.25 bits per heavy atom. The van der Waals surface area contributed by atoms with Crippen LogP contribution in [0.4, 0.5) is 14.9 Å². The third-order valence-corrected chi connectivity index (χ3v) is 6.00. The molecule has 0 bridgehead atoms.